The van der Waals surface area contributed by atoms with Gasteiger partial charge in [-0.2, -0.15) is 8.78 Å². The van der Waals surface area contributed by atoms with E-state index in [0.29, 0.717) is 17.1 Å². The first-order valence-corrected chi connectivity index (χ1v) is 7.46. The first kappa shape index (κ1) is 16.8. The Morgan fingerprint density at radius 1 is 1.17 bits per heavy atom. The molecule has 0 bridgehead atoms. The van der Waals surface area contributed by atoms with Gasteiger partial charge >= 0.3 is 5.82 Å². The summed E-state index contributed by atoms with van der Waals surface area (Å²) in [4.78, 5) is 0. The fraction of sp³-hybridized carbons (Fsp3) is 0.467. The third kappa shape index (κ3) is 2.47. The Balaban J connectivity index is 2.15. The number of aromatic nitrogens is 3. The zero-order valence-electron chi connectivity index (χ0n) is 13.0. The van der Waals surface area contributed by atoms with Gasteiger partial charge in [-0.15, -0.1) is 0 Å². The standard InChI is InChI=1S/C15H15F5N3O/c1-3-7(2)8-4-24-5-9-21-23(6-22(8)9)15-13(19)11(17)10(16)12(18)14(15)20/h6-8H,3-5H2,1-2H3/q+1/t7-,8-/m1/s1. The van der Waals surface area contributed by atoms with Gasteiger partial charge in [0.05, 0.1) is 6.61 Å². The smallest absolute Gasteiger partial charge is 0.304 e. The number of fused-ring (bicyclic) bond motifs is 1. The fourth-order valence-electron chi connectivity index (χ4n) is 2.73. The lowest BCUT2D eigenvalue weighted by atomic mass is 9.99. The minimum atomic E-state index is -2.20. The minimum absolute atomic E-state index is 0.0926. The summed E-state index contributed by atoms with van der Waals surface area (Å²) in [5.74, 6) is -9.51. The number of benzene rings is 1. The van der Waals surface area contributed by atoms with Gasteiger partial charge in [-0.1, -0.05) is 25.0 Å². The Kier molecular flexibility index (Phi) is 4.29. The number of nitrogens with zero attached hydrogens (tertiary/aromatic N) is 3. The molecule has 0 fully saturated rings. The van der Waals surface area contributed by atoms with Gasteiger partial charge in [0, 0.05) is 5.10 Å². The van der Waals surface area contributed by atoms with Crippen LogP contribution in [0.1, 0.15) is 32.1 Å². The van der Waals surface area contributed by atoms with Gasteiger partial charge in [0.15, 0.2) is 0 Å². The predicted molar refractivity (Wildman–Crippen MR) is 71.7 cm³/mol. The molecule has 9 heteroatoms. The highest BCUT2D eigenvalue weighted by Gasteiger charge is 2.36. The van der Waals surface area contributed by atoms with Crippen LogP contribution in [0.15, 0.2) is 6.33 Å². The molecule has 1 aliphatic heterocycles. The summed E-state index contributed by atoms with van der Waals surface area (Å²) in [5, 5.41) is 3.94. The van der Waals surface area contributed by atoms with E-state index in [9.17, 15) is 22.0 Å². The summed E-state index contributed by atoms with van der Waals surface area (Å²) in [5.41, 5.74) is -1.10. The molecule has 130 valence electrons. The summed E-state index contributed by atoms with van der Waals surface area (Å²) in [6.45, 7) is 4.44. The molecule has 4 nitrogen and oxygen atoms in total. The molecular weight excluding hydrogens is 333 g/mol. The molecule has 3 rings (SSSR count). The molecule has 0 amide bonds. The van der Waals surface area contributed by atoms with Gasteiger partial charge in [0.1, 0.15) is 12.6 Å². The van der Waals surface area contributed by atoms with Crippen LogP contribution in [-0.2, 0) is 11.3 Å². The maximum Gasteiger partial charge on any atom is 0.304 e. The molecule has 2 aromatic rings. The monoisotopic (exact) mass is 348 g/mol. The largest absolute Gasteiger partial charge is 0.367 e. The van der Waals surface area contributed by atoms with Gasteiger partial charge in [0.2, 0.25) is 41.1 Å². The van der Waals surface area contributed by atoms with E-state index in [-0.39, 0.29) is 18.6 Å². The molecule has 2 heterocycles. The second kappa shape index (κ2) is 6.12. The van der Waals surface area contributed by atoms with Crippen molar-refractivity contribution in [2.24, 2.45) is 5.92 Å². The molecule has 0 radical (unpaired) electrons. The normalized spacial score (nSPS) is 18.5. The van der Waals surface area contributed by atoms with Crippen molar-refractivity contribution >= 4 is 0 Å². The van der Waals surface area contributed by atoms with Crippen LogP contribution in [0.2, 0.25) is 0 Å². The van der Waals surface area contributed by atoms with E-state index in [0.717, 1.165) is 6.42 Å². The quantitative estimate of drug-likeness (QED) is 0.370. The molecule has 0 aliphatic carbocycles. The van der Waals surface area contributed by atoms with Crippen LogP contribution in [0.4, 0.5) is 22.0 Å². The average molecular weight is 348 g/mol. The van der Waals surface area contributed by atoms with Crippen LogP contribution in [0, 0.1) is 35.0 Å². The maximum absolute atomic E-state index is 14.0. The van der Waals surface area contributed by atoms with E-state index >= 15 is 0 Å². The van der Waals surface area contributed by atoms with Gasteiger partial charge in [-0.05, 0) is 5.92 Å². The molecule has 0 N–H and O–H groups in total. The molecule has 0 spiro atoms. The zero-order valence-corrected chi connectivity index (χ0v) is 13.0. The van der Waals surface area contributed by atoms with Gasteiger partial charge in [0.25, 0.3) is 0 Å². The third-order valence-electron chi connectivity index (χ3n) is 4.35. The topological polar surface area (TPSA) is 30.9 Å². The SMILES string of the molecule is CC[C@@H](C)[C@H]1COCc2nn(-c3c(F)c(F)c(F)c(F)c3F)c[n+]21. The molecule has 1 aromatic heterocycles. The van der Waals surface area contributed by atoms with Gasteiger partial charge < -0.3 is 4.74 Å². The van der Waals surface area contributed by atoms with E-state index in [1.54, 1.807) is 4.57 Å². The summed E-state index contributed by atoms with van der Waals surface area (Å²) in [7, 11) is 0. The highest BCUT2D eigenvalue weighted by molar-refractivity contribution is 5.36. The van der Waals surface area contributed by atoms with E-state index < -0.39 is 34.8 Å². The molecular formula is C15H15F5N3O+. The lowest BCUT2D eigenvalue weighted by Gasteiger charge is -2.24. The number of hydrogen-bond acceptors (Lipinski definition) is 2. The molecule has 24 heavy (non-hydrogen) atoms. The first-order valence-electron chi connectivity index (χ1n) is 7.46. The maximum atomic E-state index is 14.0. The molecule has 2 atom stereocenters. The van der Waals surface area contributed by atoms with Crippen LogP contribution in [-0.4, -0.2) is 16.4 Å². The summed E-state index contributed by atoms with van der Waals surface area (Å²) >= 11 is 0. The Hall–Kier alpha value is -2.03. The minimum Gasteiger partial charge on any atom is -0.367 e. The Bertz CT molecular complexity index is 763. The summed E-state index contributed by atoms with van der Waals surface area (Å²) < 4.78 is 75.6. The van der Waals surface area contributed by atoms with Crippen molar-refractivity contribution in [2.75, 3.05) is 6.61 Å². The van der Waals surface area contributed by atoms with Crippen LogP contribution < -0.4 is 4.57 Å². The Labute approximate surface area is 134 Å². The van der Waals surface area contributed by atoms with Crippen LogP contribution in [0.3, 0.4) is 0 Å². The zero-order chi connectivity index (χ0) is 17.6. The summed E-state index contributed by atoms with van der Waals surface area (Å²) in [6.07, 6.45) is 2.07. The van der Waals surface area contributed by atoms with Crippen molar-refractivity contribution in [2.45, 2.75) is 32.9 Å². The third-order valence-corrected chi connectivity index (χ3v) is 4.35. The molecule has 0 saturated heterocycles. The lowest BCUT2D eigenvalue weighted by molar-refractivity contribution is -0.749. The number of rotatable bonds is 3. The second-order valence-corrected chi connectivity index (χ2v) is 5.77. The average Bonchev–Trinajstić information content (AvgIpc) is 3.01. The number of halogens is 5. The fourth-order valence-corrected chi connectivity index (χ4v) is 2.73. The number of hydrogen-bond donors (Lipinski definition) is 0. The molecule has 1 aromatic carbocycles. The van der Waals surface area contributed by atoms with E-state index in [2.05, 4.69) is 5.10 Å². The van der Waals surface area contributed by atoms with Crippen LogP contribution in [0.5, 0.6) is 0 Å². The predicted octanol–water partition coefficient (Wildman–Crippen LogP) is 2.97. The van der Waals surface area contributed by atoms with E-state index in [4.69, 9.17) is 4.74 Å². The van der Waals surface area contributed by atoms with E-state index in [1.807, 2.05) is 13.8 Å². The number of ether oxygens (including phenoxy) is 1. The van der Waals surface area contributed by atoms with Crippen molar-refractivity contribution in [3.63, 3.8) is 0 Å². The van der Waals surface area contributed by atoms with Crippen molar-refractivity contribution < 1.29 is 31.3 Å². The Morgan fingerprint density at radius 2 is 1.75 bits per heavy atom. The molecule has 0 saturated carbocycles. The summed E-state index contributed by atoms with van der Waals surface area (Å²) in [6, 6.07) is -0.131. The molecule has 1 aliphatic rings. The van der Waals surface area contributed by atoms with Gasteiger partial charge in [-0.3, -0.25) is 0 Å². The highest BCUT2D eigenvalue weighted by Crippen LogP contribution is 2.26. The van der Waals surface area contributed by atoms with Crippen LogP contribution >= 0.6 is 0 Å². The van der Waals surface area contributed by atoms with Crippen molar-refractivity contribution in [3.05, 3.63) is 41.2 Å². The van der Waals surface area contributed by atoms with Gasteiger partial charge in [-0.25, -0.2) is 17.7 Å². The highest BCUT2D eigenvalue weighted by atomic mass is 19.2. The van der Waals surface area contributed by atoms with Crippen LogP contribution in [0.25, 0.3) is 5.69 Å². The first-order chi connectivity index (χ1) is 11.4. The van der Waals surface area contributed by atoms with E-state index in [1.165, 1.54) is 6.33 Å². The molecule has 0 unspecified atom stereocenters. The second-order valence-electron chi connectivity index (χ2n) is 5.77. The van der Waals surface area contributed by atoms with Crippen molar-refractivity contribution in [3.8, 4) is 5.69 Å². The lowest BCUT2D eigenvalue weighted by Crippen LogP contribution is -2.50. The van der Waals surface area contributed by atoms with Crippen molar-refractivity contribution in [1.82, 2.24) is 9.78 Å². The Morgan fingerprint density at radius 3 is 2.33 bits per heavy atom. The van der Waals surface area contributed by atoms with Crippen molar-refractivity contribution in [1.29, 1.82) is 0 Å².